The van der Waals surface area contributed by atoms with Gasteiger partial charge in [0.05, 0.1) is 11.1 Å². The Kier molecular flexibility index (Phi) is 4.79. The fraction of sp³-hybridized carbons (Fsp3) is 0.0952. The van der Waals surface area contributed by atoms with Crippen LogP contribution in [-0.2, 0) is 6.18 Å². The number of thiazole rings is 1. The minimum absolute atomic E-state index is 0.422. The Morgan fingerprint density at radius 2 is 1.86 bits per heavy atom. The van der Waals surface area contributed by atoms with Crippen LogP contribution in [0.5, 0.6) is 0 Å². The maximum absolute atomic E-state index is 13.2. The number of aryl methyl sites for hydroxylation is 1. The van der Waals surface area contributed by atoms with Gasteiger partial charge in [-0.25, -0.2) is 9.97 Å². The summed E-state index contributed by atoms with van der Waals surface area (Å²) in [6.45, 7) is 1.77. The molecular formula is C21H14F3N3OS. The molecule has 0 spiro atoms. The highest BCUT2D eigenvalue weighted by molar-refractivity contribution is 7.21. The molecule has 4 nitrogen and oxygen atoms in total. The first kappa shape index (κ1) is 19.1. The molecule has 1 N–H and O–H groups in total. The van der Waals surface area contributed by atoms with Gasteiger partial charge in [0, 0.05) is 17.4 Å². The molecule has 2 heterocycles. The Hall–Kier alpha value is -3.26. The molecule has 0 fully saturated rings. The third kappa shape index (κ3) is 3.84. The van der Waals surface area contributed by atoms with Crippen molar-refractivity contribution in [3.63, 3.8) is 0 Å². The minimum atomic E-state index is -4.61. The second-order valence-corrected chi connectivity index (χ2v) is 7.35. The normalized spacial score (nSPS) is 11.6. The van der Waals surface area contributed by atoms with Crippen LogP contribution in [-0.4, -0.2) is 15.9 Å². The first-order valence-electron chi connectivity index (χ1n) is 8.63. The van der Waals surface area contributed by atoms with E-state index in [1.165, 1.54) is 23.5 Å². The van der Waals surface area contributed by atoms with Crippen molar-refractivity contribution in [1.82, 2.24) is 9.97 Å². The Morgan fingerprint density at radius 3 is 2.62 bits per heavy atom. The SMILES string of the molecule is Cc1ccc(-c2nc3cccnc3s2)cc1NC(=O)c1ccccc1C(F)(F)F. The molecule has 29 heavy (non-hydrogen) atoms. The number of hydrogen-bond acceptors (Lipinski definition) is 4. The summed E-state index contributed by atoms with van der Waals surface area (Å²) in [5, 5.41) is 3.32. The lowest BCUT2D eigenvalue weighted by Crippen LogP contribution is -2.19. The van der Waals surface area contributed by atoms with Crippen LogP contribution in [0.25, 0.3) is 20.9 Å². The predicted octanol–water partition coefficient (Wildman–Crippen LogP) is 5.94. The standard InChI is InChI=1S/C21H14F3N3OS/c1-12-8-9-13(19-27-16-7-4-10-25-20(16)29-19)11-17(12)26-18(28)14-5-2-3-6-15(14)21(22,23)24/h2-11H,1H3,(H,26,28). The molecule has 4 rings (SSSR count). The van der Waals surface area contributed by atoms with Crippen molar-refractivity contribution < 1.29 is 18.0 Å². The average Bonchev–Trinajstić information content (AvgIpc) is 3.13. The zero-order chi connectivity index (χ0) is 20.6. The van der Waals surface area contributed by atoms with Gasteiger partial charge in [0.15, 0.2) is 0 Å². The average molecular weight is 413 g/mol. The summed E-state index contributed by atoms with van der Waals surface area (Å²) >= 11 is 1.40. The lowest BCUT2D eigenvalue weighted by atomic mass is 10.1. The Bertz CT molecular complexity index is 1180. The third-order valence-electron chi connectivity index (χ3n) is 4.38. The van der Waals surface area contributed by atoms with Crippen LogP contribution >= 0.6 is 11.3 Å². The van der Waals surface area contributed by atoms with E-state index in [0.717, 1.165) is 33.6 Å². The number of pyridine rings is 1. The van der Waals surface area contributed by atoms with Crippen molar-refractivity contribution in [1.29, 1.82) is 0 Å². The topological polar surface area (TPSA) is 54.9 Å². The van der Waals surface area contributed by atoms with Gasteiger partial charge in [0.2, 0.25) is 0 Å². The van der Waals surface area contributed by atoms with E-state index in [1.807, 2.05) is 12.1 Å². The molecule has 0 aliphatic carbocycles. The van der Waals surface area contributed by atoms with E-state index in [4.69, 9.17) is 0 Å². The maximum Gasteiger partial charge on any atom is 0.417 e. The second kappa shape index (κ2) is 7.29. The largest absolute Gasteiger partial charge is 0.417 e. The molecular weight excluding hydrogens is 399 g/mol. The number of benzene rings is 2. The molecule has 0 unspecified atom stereocenters. The minimum Gasteiger partial charge on any atom is -0.322 e. The van der Waals surface area contributed by atoms with E-state index in [0.29, 0.717) is 10.7 Å². The number of nitrogens with zero attached hydrogens (tertiary/aromatic N) is 2. The molecule has 4 aromatic rings. The van der Waals surface area contributed by atoms with Crippen molar-refractivity contribution in [3.8, 4) is 10.6 Å². The number of hydrogen-bond donors (Lipinski definition) is 1. The number of carbonyl (C=O) groups is 1. The van der Waals surface area contributed by atoms with E-state index in [2.05, 4.69) is 15.3 Å². The van der Waals surface area contributed by atoms with E-state index >= 15 is 0 Å². The number of alkyl halides is 3. The smallest absolute Gasteiger partial charge is 0.322 e. The van der Waals surface area contributed by atoms with Gasteiger partial charge in [0.1, 0.15) is 15.4 Å². The van der Waals surface area contributed by atoms with Crippen LogP contribution in [0.4, 0.5) is 18.9 Å². The quantitative estimate of drug-likeness (QED) is 0.452. The van der Waals surface area contributed by atoms with E-state index in [-0.39, 0.29) is 0 Å². The van der Waals surface area contributed by atoms with Crippen LogP contribution in [0.1, 0.15) is 21.5 Å². The number of fused-ring (bicyclic) bond motifs is 1. The van der Waals surface area contributed by atoms with Gasteiger partial charge in [-0.2, -0.15) is 13.2 Å². The summed E-state index contributed by atoms with van der Waals surface area (Å²) in [4.78, 5) is 22.2. The molecule has 0 saturated heterocycles. The molecule has 0 aliphatic heterocycles. The zero-order valence-electron chi connectivity index (χ0n) is 15.1. The fourth-order valence-corrected chi connectivity index (χ4v) is 3.80. The van der Waals surface area contributed by atoms with Crippen molar-refractivity contribution >= 4 is 33.3 Å². The Labute approximate surface area is 168 Å². The number of halogens is 3. The van der Waals surface area contributed by atoms with Crippen LogP contribution < -0.4 is 5.32 Å². The zero-order valence-corrected chi connectivity index (χ0v) is 15.9. The fourth-order valence-electron chi connectivity index (χ4n) is 2.90. The van der Waals surface area contributed by atoms with Gasteiger partial charge in [-0.1, -0.05) is 35.6 Å². The lowest BCUT2D eigenvalue weighted by Gasteiger charge is -2.14. The Morgan fingerprint density at radius 1 is 1.07 bits per heavy atom. The molecule has 0 atom stereocenters. The Balaban J connectivity index is 1.68. The molecule has 2 aromatic heterocycles. The molecule has 0 aliphatic rings. The van der Waals surface area contributed by atoms with Gasteiger partial charge >= 0.3 is 6.18 Å². The molecule has 2 aromatic carbocycles. The number of amides is 1. The molecule has 0 bridgehead atoms. The summed E-state index contributed by atoms with van der Waals surface area (Å²) in [5.41, 5.74) is 1.27. The van der Waals surface area contributed by atoms with Gasteiger partial charge in [-0.05, 0) is 42.8 Å². The maximum atomic E-state index is 13.2. The summed E-state index contributed by atoms with van der Waals surface area (Å²) in [6.07, 6.45) is -2.93. The van der Waals surface area contributed by atoms with Crippen molar-refractivity contribution in [2.45, 2.75) is 13.1 Å². The number of carbonyl (C=O) groups excluding carboxylic acids is 1. The summed E-state index contributed by atoms with van der Waals surface area (Å²) in [5.74, 6) is -0.816. The van der Waals surface area contributed by atoms with Crippen LogP contribution in [0, 0.1) is 6.92 Å². The molecule has 8 heteroatoms. The van der Waals surface area contributed by atoms with E-state index in [9.17, 15) is 18.0 Å². The van der Waals surface area contributed by atoms with Crippen LogP contribution in [0.3, 0.4) is 0 Å². The van der Waals surface area contributed by atoms with E-state index < -0.39 is 23.2 Å². The summed E-state index contributed by atoms with van der Waals surface area (Å²) in [6, 6.07) is 13.7. The highest BCUT2D eigenvalue weighted by Crippen LogP contribution is 2.34. The predicted molar refractivity (Wildman–Crippen MR) is 107 cm³/mol. The first-order chi connectivity index (χ1) is 13.8. The van der Waals surface area contributed by atoms with Gasteiger partial charge in [-0.3, -0.25) is 4.79 Å². The number of nitrogens with one attached hydrogen (secondary N) is 1. The molecule has 1 amide bonds. The van der Waals surface area contributed by atoms with E-state index in [1.54, 1.807) is 31.3 Å². The van der Waals surface area contributed by atoms with Crippen LogP contribution in [0.2, 0.25) is 0 Å². The van der Waals surface area contributed by atoms with Crippen molar-refractivity contribution in [3.05, 3.63) is 77.5 Å². The number of anilines is 1. The molecule has 0 radical (unpaired) electrons. The van der Waals surface area contributed by atoms with Gasteiger partial charge < -0.3 is 5.32 Å². The van der Waals surface area contributed by atoms with Crippen LogP contribution in [0.15, 0.2) is 60.8 Å². The molecule has 0 saturated carbocycles. The molecule has 146 valence electrons. The first-order valence-corrected chi connectivity index (χ1v) is 9.45. The van der Waals surface area contributed by atoms with Gasteiger partial charge in [-0.15, -0.1) is 0 Å². The van der Waals surface area contributed by atoms with Crippen molar-refractivity contribution in [2.24, 2.45) is 0 Å². The number of aromatic nitrogens is 2. The number of rotatable bonds is 3. The summed E-state index contributed by atoms with van der Waals surface area (Å²) in [7, 11) is 0. The van der Waals surface area contributed by atoms with Gasteiger partial charge in [0.25, 0.3) is 5.91 Å². The lowest BCUT2D eigenvalue weighted by molar-refractivity contribution is -0.137. The summed E-state index contributed by atoms with van der Waals surface area (Å²) < 4.78 is 39.7. The monoisotopic (exact) mass is 413 g/mol. The second-order valence-electron chi connectivity index (χ2n) is 6.37. The highest BCUT2D eigenvalue weighted by Gasteiger charge is 2.34. The van der Waals surface area contributed by atoms with Crippen molar-refractivity contribution in [2.75, 3.05) is 5.32 Å². The third-order valence-corrected chi connectivity index (χ3v) is 5.40. The highest BCUT2D eigenvalue weighted by atomic mass is 32.1.